The predicted octanol–water partition coefficient (Wildman–Crippen LogP) is 3.56. The summed E-state index contributed by atoms with van der Waals surface area (Å²) in [5, 5.41) is 3.67. The number of para-hydroxylation sites is 1. The molecule has 3 atom stereocenters. The minimum absolute atomic E-state index is 0.743. The van der Waals surface area contributed by atoms with Crippen molar-refractivity contribution >= 4 is 11.4 Å². The van der Waals surface area contributed by atoms with Crippen molar-refractivity contribution < 1.29 is 0 Å². The summed E-state index contributed by atoms with van der Waals surface area (Å²) in [4.78, 5) is 2.77. The van der Waals surface area contributed by atoms with E-state index >= 15 is 0 Å². The molecule has 18 heavy (non-hydrogen) atoms. The summed E-state index contributed by atoms with van der Waals surface area (Å²) in [5.41, 5.74) is 4.26. The van der Waals surface area contributed by atoms with E-state index in [2.05, 4.69) is 35.3 Å². The van der Waals surface area contributed by atoms with Crippen LogP contribution in [0.15, 0.2) is 18.2 Å². The largest absolute Gasteiger partial charge is 0.381 e. The van der Waals surface area contributed by atoms with Crippen LogP contribution in [-0.2, 0) is 0 Å². The summed E-state index contributed by atoms with van der Waals surface area (Å²) in [7, 11) is 0. The number of benzene rings is 1. The molecule has 96 valence electrons. The number of aryl methyl sites for hydroxylation is 1. The third-order valence-electron chi connectivity index (χ3n) is 5.24. The highest BCUT2D eigenvalue weighted by Gasteiger charge is 2.44. The molecule has 2 nitrogen and oxygen atoms in total. The molecule has 0 radical (unpaired) electrons. The number of hydrogen-bond acceptors (Lipinski definition) is 2. The Balaban J connectivity index is 1.77. The molecule has 2 aliphatic heterocycles. The Hall–Kier alpha value is -1.18. The second kappa shape index (κ2) is 3.91. The van der Waals surface area contributed by atoms with Crippen molar-refractivity contribution in [2.75, 3.05) is 16.8 Å². The standard InChI is InChI=1S/C16H22N2/c1-11-5-4-8-15-16(11)17-10-13-9-12-6-2-3-7-14(12)18(13)15/h4-5,8,12-14,17H,2-3,6-7,9-10H2,1H3. The van der Waals surface area contributed by atoms with Gasteiger partial charge in [0.15, 0.2) is 0 Å². The molecule has 0 spiro atoms. The maximum atomic E-state index is 3.67. The van der Waals surface area contributed by atoms with Gasteiger partial charge in [-0.2, -0.15) is 0 Å². The van der Waals surface area contributed by atoms with E-state index in [0.717, 1.165) is 24.5 Å². The Labute approximate surface area is 109 Å². The van der Waals surface area contributed by atoms with Gasteiger partial charge in [-0.05, 0) is 43.7 Å². The molecule has 4 rings (SSSR count). The van der Waals surface area contributed by atoms with E-state index in [1.165, 1.54) is 49.0 Å². The van der Waals surface area contributed by atoms with Gasteiger partial charge in [0.25, 0.3) is 0 Å². The highest BCUT2D eigenvalue weighted by Crippen LogP contribution is 2.47. The third-order valence-corrected chi connectivity index (χ3v) is 5.24. The summed E-state index contributed by atoms with van der Waals surface area (Å²) in [6, 6.07) is 8.33. The van der Waals surface area contributed by atoms with Crippen LogP contribution >= 0.6 is 0 Å². The lowest BCUT2D eigenvalue weighted by Crippen LogP contribution is -2.45. The minimum atomic E-state index is 0.743. The monoisotopic (exact) mass is 242 g/mol. The molecule has 1 saturated carbocycles. The van der Waals surface area contributed by atoms with E-state index in [4.69, 9.17) is 0 Å². The number of anilines is 2. The normalized spacial score (nSPS) is 33.4. The van der Waals surface area contributed by atoms with Crippen molar-refractivity contribution in [1.82, 2.24) is 0 Å². The first-order valence-corrected chi connectivity index (χ1v) is 7.46. The van der Waals surface area contributed by atoms with Crippen molar-refractivity contribution in [2.45, 2.75) is 51.1 Å². The minimum Gasteiger partial charge on any atom is -0.381 e. The fraction of sp³-hybridized carbons (Fsp3) is 0.625. The van der Waals surface area contributed by atoms with Crippen LogP contribution in [0.25, 0.3) is 0 Å². The second-order valence-electron chi connectivity index (χ2n) is 6.26. The number of hydrogen-bond donors (Lipinski definition) is 1. The Bertz CT molecular complexity index is 468. The van der Waals surface area contributed by atoms with Gasteiger partial charge < -0.3 is 10.2 Å². The van der Waals surface area contributed by atoms with E-state index in [9.17, 15) is 0 Å². The molecule has 2 heteroatoms. The van der Waals surface area contributed by atoms with E-state index in [-0.39, 0.29) is 0 Å². The van der Waals surface area contributed by atoms with E-state index in [1.807, 2.05) is 0 Å². The van der Waals surface area contributed by atoms with Gasteiger partial charge in [0.1, 0.15) is 0 Å². The summed E-state index contributed by atoms with van der Waals surface area (Å²) in [6.45, 7) is 3.37. The van der Waals surface area contributed by atoms with Gasteiger partial charge >= 0.3 is 0 Å². The number of fused-ring (bicyclic) bond motifs is 5. The van der Waals surface area contributed by atoms with Crippen LogP contribution in [0.2, 0.25) is 0 Å². The second-order valence-corrected chi connectivity index (χ2v) is 6.26. The van der Waals surface area contributed by atoms with Gasteiger partial charge in [0, 0.05) is 18.6 Å². The topological polar surface area (TPSA) is 15.3 Å². The maximum absolute atomic E-state index is 3.67. The molecule has 1 N–H and O–H groups in total. The third kappa shape index (κ3) is 1.41. The zero-order valence-corrected chi connectivity index (χ0v) is 11.2. The molecule has 2 heterocycles. The van der Waals surface area contributed by atoms with Crippen LogP contribution in [0.4, 0.5) is 11.4 Å². The zero-order chi connectivity index (χ0) is 12.1. The van der Waals surface area contributed by atoms with Gasteiger partial charge in [-0.1, -0.05) is 25.0 Å². The Kier molecular flexibility index (Phi) is 2.33. The average molecular weight is 242 g/mol. The van der Waals surface area contributed by atoms with Crippen LogP contribution in [0.3, 0.4) is 0 Å². The van der Waals surface area contributed by atoms with Crippen LogP contribution in [0.5, 0.6) is 0 Å². The molecule has 0 bridgehead atoms. The first-order valence-electron chi connectivity index (χ1n) is 7.46. The quantitative estimate of drug-likeness (QED) is 0.748. The van der Waals surface area contributed by atoms with Crippen molar-refractivity contribution in [3.05, 3.63) is 23.8 Å². The van der Waals surface area contributed by atoms with Crippen LogP contribution < -0.4 is 10.2 Å². The molecule has 1 saturated heterocycles. The van der Waals surface area contributed by atoms with Crippen LogP contribution in [0.1, 0.15) is 37.7 Å². The maximum Gasteiger partial charge on any atom is 0.0610 e. The molecule has 1 aromatic rings. The zero-order valence-electron chi connectivity index (χ0n) is 11.2. The average Bonchev–Trinajstić information content (AvgIpc) is 2.77. The SMILES string of the molecule is Cc1cccc2c1NCC1CC3CCCCC3N21. The smallest absolute Gasteiger partial charge is 0.0610 e. The Morgan fingerprint density at radius 1 is 1.22 bits per heavy atom. The molecule has 3 aliphatic rings. The fourth-order valence-electron chi connectivity index (χ4n) is 4.44. The molecule has 1 aromatic carbocycles. The van der Waals surface area contributed by atoms with Crippen LogP contribution in [0, 0.1) is 12.8 Å². The van der Waals surface area contributed by atoms with Crippen molar-refractivity contribution in [3.63, 3.8) is 0 Å². The lowest BCUT2D eigenvalue weighted by molar-refractivity contribution is 0.342. The highest BCUT2D eigenvalue weighted by molar-refractivity contribution is 5.76. The number of rotatable bonds is 0. The van der Waals surface area contributed by atoms with Crippen LogP contribution in [-0.4, -0.2) is 18.6 Å². The predicted molar refractivity (Wildman–Crippen MR) is 76.3 cm³/mol. The molecule has 0 amide bonds. The van der Waals surface area contributed by atoms with Crippen molar-refractivity contribution in [1.29, 1.82) is 0 Å². The molecule has 0 aromatic heterocycles. The fourth-order valence-corrected chi connectivity index (χ4v) is 4.44. The Morgan fingerprint density at radius 3 is 3.06 bits per heavy atom. The molecule has 2 fully saturated rings. The Morgan fingerprint density at radius 2 is 2.11 bits per heavy atom. The summed E-state index contributed by atoms with van der Waals surface area (Å²) in [6.07, 6.45) is 7.16. The lowest BCUT2D eigenvalue weighted by atomic mass is 9.85. The van der Waals surface area contributed by atoms with Gasteiger partial charge in [-0.15, -0.1) is 0 Å². The summed E-state index contributed by atoms with van der Waals surface area (Å²) in [5.74, 6) is 0.956. The summed E-state index contributed by atoms with van der Waals surface area (Å²) < 4.78 is 0. The van der Waals surface area contributed by atoms with E-state index in [0.29, 0.717) is 0 Å². The van der Waals surface area contributed by atoms with Crippen molar-refractivity contribution in [2.24, 2.45) is 5.92 Å². The van der Waals surface area contributed by atoms with Gasteiger partial charge in [-0.25, -0.2) is 0 Å². The molecule has 1 aliphatic carbocycles. The highest BCUT2D eigenvalue weighted by atomic mass is 15.3. The molecular formula is C16H22N2. The molecule has 3 unspecified atom stereocenters. The van der Waals surface area contributed by atoms with E-state index in [1.54, 1.807) is 0 Å². The lowest BCUT2D eigenvalue weighted by Gasteiger charge is -2.40. The van der Waals surface area contributed by atoms with E-state index < -0.39 is 0 Å². The first kappa shape index (κ1) is 10.7. The number of nitrogens with one attached hydrogen (secondary N) is 1. The van der Waals surface area contributed by atoms with Gasteiger partial charge in [-0.3, -0.25) is 0 Å². The number of nitrogens with zero attached hydrogens (tertiary/aromatic N) is 1. The van der Waals surface area contributed by atoms with Gasteiger partial charge in [0.05, 0.1) is 11.4 Å². The van der Waals surface area contributed by atoms with Crippen molar-refractivity contribution in [3.8, 4) is 0 Å². The van der Waals surface area contributed by atoms with Gasteiger partial charge in [0.2, 0.25) is 0 Å². The summed E-state index contributed by atoms with van der Waals surface area (Å²) >= 11 is 0. The molecular weight excluding hydrogens is 220 g/mol. The first-order chi connectivity index (χ1) is 8.84.